The molecule has 1 aliphatic rings. The first-order valence-corrected chi connectivity index (χ1v) is 12.6. The van der Waals surface area contributed by atoms with Crippen molar-refractivity contribution in [3.05, 3.63) is 65.9 Å². The number of ether oxygens (including phenoxy) is 1. The second-order valence-corrected chi connectivity index (χ2v) is 10.4. The van der Waals surface area contributed by atoms with E-state index in [4.69, 9.17) is 10.5 Å². The summed E-state index contributed by atoms with van der Waals surface area (Å²) < 4.78 is 36.9. The van der Waals surface area contributed by atoms with E-state index in [-0.39, 0.29) is 24.0 Å². The number of carbonyl (C=O) groups is 1. The third kappa shape index (κ3) is 4.78. The van der Waals surface area contributed by atoms with E-state index in [0.717, 1.165) is 11.1 Å². The standard InChI is InChI=1S/C23H23N9O4S/c1-13-15-10-28-32(21(15)27-12-26-13)18-9-14(7-8-25-18)22(33)29-23(2,3)11-36-17-6-4-5-16-19(17)20(24)31-37(34,35)30-16/h4-10,12,30H,11H2,1-3H3,(H2,24,31)(H,29,33). The second kappa shape index (κ2) is 8.81. The fourth-order valence-electron chi connectivity index (χ4n) is 3.82. The first-order valence-electron chi connectivity index (χ1n) is 11.1. The number of hydrogen-bond donors (Lipinski definition) is 3. The summed E-state index contributed by atoms with van der Waals surface area (Å²) in [5.41, 5.74) is 7.41. The molecular weight excluding hydrogens is 498 g/mol. The Morgan fingerprint density at radius 1 is 1.22 bits per heavy atom. The van der Waals surface area contributed by atoms with Gasteiger partial charge in [0.05, 0.1) is 34.1 Å². The number of benzene rings is 1. The number of pyridine rings is 1. The first-order chi connectivity index (χ1) is 17.5. The van der Waals surface area contributed by atoms with E-state index in [9.17, 15) is 13.2 Å². The van der Waals surface area contributed by atoms with Crippen LogP contribution < -0.4 is 20.5 Å². The Balaban J connectivity index is 1.32. The van der Waals surface area contributed by atoms with Crippen molar-refractivity contribution >= 4 is 38.7 Å². The van der Waals surface area contributed by atoms with E-state index >= 15 is 0 Å². The van der Waals surface area contributed by atoms with Gasteiger partial charge < -0.3 is 15.8 Å². The molecule has 4 heterocycles. The van der Waals surface area contributed by atoms with Crippen molar-refractivity contribution in [3.8, 4) is 11.6 Å². The Labute approximate surface area is 212 Å². The van der Waals surface area contributed by atoms with Crippen molar-refractivity contribution < 1.29 is 17.9 Å². The lowest BCUT2D eigenvalue weighted by Gasteiger charge is -2.27. The minimum atomic E-state index is -3.90. The normalized spacial score (nSPS) is 14.4. The van der Waals surface area contributed by atoms with Crippen LogP contribution in [0.3, 0.4) is 0 Å². The molecule has 3 aromatic heterocycles. The molecule has 1 aromatic carbocycles. The summed E-state index contributed by atoms with van der Waals surface area (Å²) in [6.45, 7) is 5.52. The number of carbonyl (C=O) groups excluding carboxylic acids is 1. The minimum absolute atomic E-state index is 0.0627. The van der Waals surface area contributed by atoms with Gasteiger partial charge in [-0.15, -0.1) is 4.40 Å². The molecule has 0 saturated carbocycles. The number of aryl methyl sites for hydroxylation is 1. The van der Waals surface area contributed by atoms with E-state index in [2.05, 4.69) is 34.5 Å². The molecule has 4 aromatic rings. The highest BCUT2D eigenvalue weighted by molar-refractivity contribution is 7.91. The maximum absolute atomic E-state index is 13.1. The molecule has 4 N–H and O–H groups in total. The Bertz CT molecular complexity index is 1680. The molecule has 0 bridgehead atoms. The van der Waals surface area contributed by atoms with Crippen LogP contribution in [0.2, 0.25) is 0 Å². The van der Waals surface area contributed by atoms with E-state index in [1.54, 1.807) is 55.1 Å². The number of nitrogens with two attached hydrogens (primary N) is 1. The van der Waals surface area contributed by atoms with Crippen molar-refractivity contribution in [1.29, 1.82) is 0 Å². The summed E-state index contributed by atoms with van der Waals surface area (Å²) in [7, 11) is -3.90. The largest absolute Gasteiger partial charge is 0.490 e. The number of hydrogen-bond acceptors (Lipinski definition) is 9. The highest BCUT2D eigenvalue weighted by atomic mass is 32.2. The topological polar surface area (TPSA) is 179 Å². The van der Waals surface area contributed by atoms with Gasteiger partial charge in [-0.1, -0.05) is 6.07 Å². The zero-order chi connectivity index (χ0) is 26.4. The molecule has 1 amide bonds. The van der Waals surface area contributed by atoms with Crippen LogP contribution in [-0.4, -0.2) is 57.0 Å². The summed E-state index contributed by atoms with van der Waals surface area (Å²) in [6, 6.07) is 8.05. The van der Waals surface area contributed by atoms with Crippen LogP contribution in [0.25, 0.3) is 16.9 Å². The lowest BCUT2D eigenvalue weighted by molar-refractivity contribution is 0.0880. The number of nitrogens with zero attached hydrogens (tertiary/aromatic N) is 6. The van der Waals surface area contributed by atoms with Gasteiger partial charge in [0.1, 0.15) is 18.7 Å². The van der Waals surface area contributed by atoms with Gasteiger partial charge in [0.2, 0.25) is 0 Å². The van der Waals surface area contributed by atoms with Crippen molar-refractivity contribution in [3.63, 3.8) is 0 Å². The van der Waals surface area contributed by atoms with Gasteiger partial charge in [0.15, 0.2) is 17.3 Å². The molecule has 0 radical (unpaired) electrons. The summed E-state index contributed by atoms with van der Waals surface area (Å²) in [6.07, 6.45) is 4.63. The number of amidine groups is 1. The van der Waals surface area contributed by atoms with E-state index in [1.165, 1.54) is 12.5 Å². The third-order valence-corrected chi connectivity index (χ3v) is 6.48. The van der Waals surface area contributed by atoms with Gasteiger partial charge in [-0.25, -0.2) is 15.0 Å². The lowest BCUT2D eigenvalue weighted by Crippen LogP contribution is -2.48. The monoisotopic (exact) mass is 521 g/mol. The van der Waals surface area contributed by atoms with Crippen LogP contribution in [0.1, 0.15) is 35.5 Å². The maximum atomic E-state index is 13.1. The molecule has 0 unspecified atom stereocenters. The molecule has 0 aliphatic carbocycles. The van der Waals surface area contributed by atoms with Crippen molar-refractivity contribution in [2.75, 3.05) is 11.3 Å². The van der Waals surface area contributed by atoms with E-state index < -0.39 is 15.7 Å². The lowest BCUT2D eigenvalue weighted by atomic mass is 10.1. The Morgan fingerprint density at radius 2 is 2.03 bits per heavy atom. The maximum Gasteiger partial charge on any atom is 0.344 e. The molecular formula is C23H23N9O4S. The quantitative estimate of drug-likeness (QED) is 0.339. The van der Waals surface area contributed by atoms with Crippen LogP contribution in [0, 0.1) is 6.92 Å². The average Bonchev–Trinajstić information content (AvgIpc) is 3.27. The van der Waals surface area contributed by atoms with Crippen LogP contribution in [0.15, 0.2) is 53.5 Å². The molecule has 37 heavy (non-hydrogen) atoms. The SMILES string of the molecule is Cc1ncnc2c1cnn2-c1cc(C(=O)NC(C)(C)COc2cccc3c2C(N)=NS(=O)(=O)N3)ccn1. The number of rotatable bonds is 6. The van der Waals surface area contributed by atoms with Gasteiger partial charge in [-0.3, -0.25) is 9.52 Å². The predicted octanol–water partition coefficient (Wildman–Crippen LogP) is 1.48. The van der Waals surface area contributed by atoms with Gasteiger partial charge >= 0.3 is 10.2 Å². The van der Waals surface area contributed by atoms with Crippen LogP contribution in [-0.2, 0) is 10.2 Å². The van der Waals surface area contributed by atoms with Gasteiger partial charge in [-0.05, 0) is 45.0 Å². The fraction of sp³-hybridized carbons (Fsp3) is 0.217. The molecule has 0 saturated heterocycles. The molecule has 0 atom stereocenters. The number of fused-ring (bicyclic) bond motifs is 2. The van der Waals surface area contributed by atoms with Crippen molar-refractivity contribution in [2.45, 2.75) is 26.3 Å². The molecule has 1 aliphatic heterocycles. The molecule has 13 nitrogen and oxygen atoms in total. The highest BCUT2D eigenvalue weighted by Crippen LogP contribution is 2.31. The van der Waals surface area contributed by atoms with E-state index in [1.807, 2.05) is 6.92 Å². The summed E-state index contributed by atoms with van der Waals surface area (Å²) in [5, 5.41) is 8.09. The first kappa shape index (κ1) is 24.1. The number of nitrogens with one attached hydrogen (secondary N) is 2. The van der Waals surface area contributed by atoms with Crippen molar-refractivity contribution in [2.24, 2.45) is 10.1 Å². The Kier molecular flexibility index (Phi) is 5.75. The Morgan fingerprint density at radius 3 is 2.84 bits per heavy atom. The summed E-state index contributed by atoms with van der Waals surface area (Å²) in [4.78, 5) is 25.9. The van der Waals surface area contributed by atoms with Crippen molar-refractivity contribution in [1.82, 2.24) is 30.0 Å². The molecule has 14 heteroatoms. The molecule has 190 valence electrons. The highest BCUT2D eigenvalue weighted by Gasteiger charge is 2.27. The summed E-state index contributed by atoms with van der Waals surface area (Å²) in [5.74, 6) is 0.242. The Hall–Kier alpha value is -4.59. The molecule has 5 rings (SSSR count). The van der Waals surface area contributed by atoms with Gasteiger partial charge in [0.25, 0.3) is 5.91 Å². The van der Waals surface area contributed by atoms with Crippen LogP contribution in [0.4, 0.5) is 5.69 Å². The molecule has 0 spiro atoms. The van der Waals surface area contributed by atoms with Gasteiger partial charge in [-0.2, -0.15) is 18.2 Å². The number of amides is 1. The van der Waals surface area contributed by atoms with Crippen LogP contribution in [0.5, 0.6) is 5.75 Å². The van der Waals surface area contributed by atoms with E-state index in [0.29, 0.717) is 28.3 Å². The van der Waals surface area contributed by atoms with Crippen LogP contribution >= 0.6 is 0 Å². The predicted molar refractivity (Wildman–Crippen MR) is 136 cm³/mol. The zero-order valence-electron chi connectivity index (χ0n) is 20.1. The fourth-order valence-corrected chi connectivity index (χ4v) is 4.66. The molecule has 0 fully saturated rings. The minimum Gasteiger partial charge on any atom is -0.490 e. The third-order valence-electron chi connectivity index (χ3n) is 5.57. The summed E-state index contributed by atoms with van der Waals surface area (Å²) >= 11 is 0. The average molecular weight is 522 g/mol. The number of anilines is 1. The zero-order valence-corrected chi connectivity index (χ0v) is 20.9. The van der Waals surface area contributed by atoms with Gasteiger partial charge in [0, 0.05) is 11.8 Å². The number of aromatic nitrogens is 5. The second-order valence-electron chi connectivity index (χ2n) is 9.01. The smallest absolute Gasteiger partial charge is 0.344 e.